The van der Waals surface area contributed by atoms with Gasteiger partial charge in [0, 0.05) is 21.3 Å². The normalized spacial score (nSPS) is 17.0. The molecule has 4 aromatic carbocycles. The molecule has 0 fully saturated rings. The fourth-order valence-electron chi connectivity index (χ4n) is 4.78. The summed E-state index contributed by atoms with van der Waals surface area (Å²) >= 11 is 3.52. The first kappa shape index (κ1) is 19.1. The minimum absolute atomic E-state index is 0.00231. The lowest BCUT2D eigenvalue weighted by atomic mass is 9.77. The molecular formula is C28H24BrN. The zero-order valence-electron chi connectivity index (χ0n) is 17.2. The van der Waals surface area contributed by atoms with E-state index in [2.05, 4.69) is 138 Å². The average molecular weight is 454 g/mol. The Bertz CT molecular complexity index is 1160. The molecule has 0 aliphatic carbocycles. The molecule has 1 unspecified atom stereocenters. The zero-order valence-corrected chi connectivity index (χ0v) is 18.8. The number of hydrogen-bond donors (Lipinski definition) is 0. The van der Waals surface area contributed by atoms with Crippen LogP contribution < -0.4 is 4.90 Å². The number of anilines is 2. The average Bonchev–Trinajstić information content (AvgIpc) is 3.02. The molecule has 0 amide bonds. The number of halogens is 1. The van der Waals surface area contributed by atoms with Crippen LogP contribution in [0.1, 0.15) is 31.0 Å². The first-order valence-electron chi connectivity index (χ1n) is 10.4. The van der Waals surface area contributed by atoms with Crippen molar-refractivity contribution in [3.8, 4) is 11.1 Å². The van der Waals surface area contributed by atoms with Crippen molar-refractivity contribution in [1.29, 1.82) is 0 Å². The summed E-state index contributed by atoms with van der Waals surface area (Å²) in [7, 11) is 0. The molecule has 0 radical (unpaired) electrons. The number of hydrogen-bond acceptors (Lipinski definition) is 1. The summed E-state index contributed by atoms with van der Waals surface area (Å²) < 4.78 is 1.10. The Labute approximate surface area is 187 Å². The van der Waals surface area contributed by atoms with E-state index in [9.17, 15) is 0 Å². The standard InChI is InChI=1S/C28H24BrN/c1-28(2)25-10-6-7-11-26(25)30(27(28)22-8-4-3-5-9-22)24-18-14-21(15-19-24)20-12-16-23(29)17-13-20/h3-19,27H,1-2H3. The topological polar surface area (TPSA) is 3.24 Å². The third-order valence-corrected chi connectivity index (χ3v) is 6.77. The van der Waals surface area contributed by atoms with Gasteiger partial charge in [0.25, 0.3) is 0 Å². The van der Waals surface area contributed by atoms with E-state index in [0.717, 1.165) is 4.47 Å². The van der Waals surface area contributed by atoms with Crippen molar-refractivity contribution in [2.45, 2.75) is 25.3 Å². The highest BCUT2D eigenvalue weighted by atomic mass is 79.9. The van der Waals surface area contributed by atoms with Crippen LogP contribution >= 0.6 is 15.9 Å². The van der Waals surface area contributed by atoms with Crippen molar-refractivity contribution in [2.24, 2.45) is 0 Å². The van der Waals surface area contributed by atoms with Crippen LogP contribution in [0.4, 0.5) is 11.4 Å². The minimum Gasteiger partial charge on any atom is -0.333 e. The molecule has 0 aromatic heterocycles. The lowest BCUT2D eigenvalue weighted by molar-refractivity contribution is 0.449. The maximum absolute atomic E-state index is 3.52. The summed E-state index contributed by atoms with van der Waals surface area (Å²) in [5.74, 6) is 0. The van der Waals surface area contributed by atoms with Crippen LogP contribution in [0.15, 0.2) is 108 Å². The van der Waals surface area contributed by atoms with E-state index in [1.807, 2.05) is 0 Å². The second-order valence-electron chi connectivity index (χ2n) is 8.48. The van der Waals surface area contributed by atoms with Crippen molar-refractivity contribution in [1.82, 2.24) is 0 Å². The van der Waals surface area contributed by atoms with Crippen molar-refractivity contribution < 1.29 is 0 Å². The summed E-state index contributed by atoms with van der Waals surface area (Å²) in [5.41, 5.74) is 7.73. The number of rotatable bonds is 3. The second kappa shape index (κ2) is 7.45. The van der Waals surface area contributed by atoms with Gasteiger partial charge in [-0.2, -0.15) is 0 Å². The Morgan fingerprint density at radius 3 is 1.90 bits per heavy atom. The van der Waals surface area contributed by atoms with E-state index in [1.165, 1.54) is 33.6 Å². The van der Waals surface area contributed by atoms with Crippen LogP contribution in [0.2, 0.25) is 0 Å². The van der Waals surface area contributed by atoms with Gasteiger partial charge < -0.3 is 4.90 Å². The van der Waals surface area contributed by atoms with Gasteiger partial charge >= 0.3 is 0 Å². The first-order chi connectivity index (χ1) is 14.6. The highest BCUT2D eigenvalue weighted by Gasteiger charge is 2.45. The third kappa shape index (κ3) is 3.16. The summed E-state index contributed by atoms with van der Waals surface area (Å²) in [6, 6.07) is 37.4. The largest absolute Gasteiger partial charge is 0.333 e. The van der Waals surface area contributed by atoms with Gasteiger partial charge in [0.15, 0.2) is 0 Å². The molecule has 0 bridgehead atoms. The van der Waals surface area contributed by atoms with E-state index < -0.39 is 0 Å². The maximum Gasteiger partial charge on any atom is 0.0683 e. The molecule has 2 heteroatoms. The Morgan fingerprint density at radius 1 is 0.667 bits per heavy atom. The zero-order chi connectivity index (χ0) is 20.7. The molecule has 0 saturated carbocycles. The predicted octanol–water partition coefficient (Wildman–Crippen LogP) is 8.29. The SMILES string of the molecule is CC1(C)c2ccccc2N(c2ccc(-c3ccc(Br)cc3)cc2)C1c1ccccc1. The molecule has 1 heterocycles. The van der Waals surface area contributed by atoms with Crippen molar-refractivity contribution in [3.05, 3.63) is 119 Å². The van der Waals surface area contributed by atoms with E-state index in [0.29, 0.717) is 0 Å². The molecule has 0 spiro atoms. The second-order valence-corrected chi connectivity index (χ2v) is 9.39. The van der Waals surface area contributed by atoms with Gasteiger partial charge in [-0.25, -0.2) is 0 Å². The van der Waals surface area contributed by atoms with E-state index in [1.54, 1.807) is 0 Å². The lowest BCUT2D eigenvalue weighted by Crippen LogP contribution is -2.30. The molecule has 0 N–H and O–H groups in total. The van der Waals surface area contributed by atoms with Crippen LogP contribution in [0, 0.1) is 0 Å². The molecule has 1 atom stereocenters. The summed E-state index contributed by atoms with van der Waals surface area (Å²) in [4.78, 5) is 2.51. The minimum atomic E-state index is 0.00231. The number of fused-ring (bicyclic) bond motifs is 1. The highest BCUT2D eigenvalue weighted by Crippen LogP contribution is 2.55. The van der Waals surface area contributed by atoms with E-state index >= 15 is 0 Å². The Morgan fingerprint density at radius 2 is 1.23 bits per heavy atom. The first-order valence-corrected chi connectivity index (χ1v) is 11.1. The van der Waals surface area contributed by atoms with Crippen LogP contribution in [0.3, 0.4) is 0 Å². The fraction of sp³-hybridized carbons (Fsp3) is 0.143. The molecule has 1 nitrogen and oxygen atoms in total. The smallest absolute Gasteiger partial charge is 0.0683 e. The predicted molar refractivity (Wildman–Crippen MR) is 130 cm³/mol. The molecule has 4 aromatic rings. The van der Waals surface area contributed by atoms with Gasteiger partial charge in [0.1, 0.15) is 0 Å². The van der Waals surface area contributed by atoms with Crippen molar-refractivity contribution >= 4 is 27.3 Å². The van der Waals surface area contributed by atoms with Crippen LogP contribution in [0.5, 0.6) is 0 Å². The molecular weight excluding hydrogens is 430 g/mol. The molecule has 1 aliphatic heterocycles. The van der Waals surface area contributed by atoms with Gasteiger partial charge in [0.05, 0.1) is 6.04 Å². The van der Waals surface area contributed by atoms with Crippen LogP contribution in [0.25, 0.3) is 11.1 Å². The summed E-state index contributed by atoms with van der Waals surface area (Å²) in [5, 5.41) is 0. The summed E-state index contributed by atoms with van der Waals surface area (Å²) in [6.07, 6.45) is 0. The van der Waals surface area contributed by atoms with Gasteiger partial charge in [-0.1, -0.05) is 103 Å². The quantitative estimate of drug-likeness (QED) is 0.301. The molecule has 30 heavy (non-hydrogen) atoms. The number of nitrogens with zero attached hydrogens (tertiary/aromatic N) is 1. The molecule has 0 saturated heterocycles. The van der Waals surface area contributed by atoms with Gasteiger partial charge in [0.2, 0.25) is 0 Å². The molecule has 5 rings (SSSR count). The van der Waals surface area contributed by atoms with Crippen molar-refractivity contribution in [2.75, 3.05) is 4.90 Å². The summed E-state index contributed by atoms with van der Waals surface area (Å²) in [6.45, 7) is 4.72. The van der Waals surface area contributed by atoms with Gasteiger partial charge in [-0.3, -0.25) is 0 Å². The van der Waals surface area contributed by atoms with Gasteiger partial charge in [-0.15, -0.1) is 0 Å². The van der Waals surface area contributed by atoms with Crippen LogP contribution in [-0.2, 0) is 5.41 Å². The van der Waals surface area contributed by atoms with E-state index in [-0.39, 0.29) is 11.5 Å². The lowest BCUT2D eigenvalue weighted by Gasteiger charge is -2.35. The highest BCUT2D eigenvalue weighted by molar-refractivity contribution is 9.10. The number of benzene rings is 4. The van der Waals surface area contributed by atoms with Gasteiger partial charge in [-0.05, 0) is 52.6 Å². The third-order valence-electron chi connectivity index (χ3n) is 6.24. The Balaban J connectivity index is 1.61. The Kier molecular flexibility index (Phi) is 4.75. The van der Waals surface area contributed by atoms with E-state index in [4.69, 9.17) is 0 Å². The maximum atomic E-state index is 3.52. The fourth-order valence-corrected chi connectivity index (χ4v) is 5.05. The van der Waals surface area contributed by atoms with Crippen molar-refractivity contribution in [3.63, 3.8) is 0 Å². The Hall–Kier alpha value is -2.84. The monoisotopic (exact) mass is 453 g/mol. The molecule has 148 valence electrons. The van der Waals surface area contributed by atoms with Crippen LogP contribution in [-0.4, -0.2) is 0 Å². The number of para-hydroxylation sites is 1. The molecule has 1 aliphatic rings.